The molecule has 0 spiro atoms. The first-order valence-corrected chi connectivity index (χ1v) is 5.26. The van der Waals surface area contributed by atoms with Crippen LogP contribution in [0.5, 0.6) is 0 Å². The van der Waals surface area contributed by atoms with Crippen LogP contribution in [0.25, 0.3) is 0 Å². The zero-order chi connectivity index (χ0) is 10.3. The average molecular weight is 188 g/mol. The molecule has 1 nitrogen and oxygen atoms in total. The van der Waals surface area contributed by atoms with Crippen molar-refractivity contribution in [1.82, 2.24) is 0 Å². The van der Waals surface area contributed by atoms with Crippen LogP contribution in [0.4, 0.5) is 4.39 Å². The van der Waals surface area contributed by atoms with Crippen LogP contribution in [0.3, 0.4) is 0 Å². The van der Waals surface area contributed by atoms with E-state index in [1.807, 2.05) is 0 Å². The maximum absolute atomic E-state index is 12.8. The molecule has 0 amide bonds. The Balaban J connectivity index is 4.08. The van der Waals surface area contributed by atoms with Crippen LogP contribution < -0.4 is 0 Å². The minimum atomic E-state index is -1.13. The molecule has 0 N–H and O–H groups in total. The normalized spacial score (nSPS) is 11.7. The quantitative estimate of drug-likeness (QED) is 0.554. The molecule has 0 bridgehead atoms. The molecule has 2 heteroatoms. The molecular weight excluding hydrogens is 167 g/mol. The van der Waals surface area contributed by atoms with Crippen LogP contribution in [0.1, 0.15) is 59.3 Å². The first kappa shape index (κ1) is 12.6. The van der Waals surface area contributed by atoms with Crippen molar-refractivity contribution in [3.8, 4) is 0 Å². The van der Waals surface area contributed by atoms with Crippen LogP contribution in [0.2, 0.25) is 0 Å². The third-order valence-electron chi connectivity index (χ3n) is 2.64. The summed E-state index contributed by atoms with van der Waals surface area (Å²) in [5.74, 6) is 0. The van der Waals surface area contributed by atoms with Gasteiger partial charge in [0.15, 0.2) is 0 Å². The monoisotopic (exact) mass is 188 g/mol. The lowest BCUT2D eigenvalue weighted by atomic mass is 9.81. The summed E-state index contributed by atoms with van der Waals surface area (Å²) in [5.41, 5.74) is -0.702. The lowest BCUT2D eigenvalue weighted by molar-refractivity contribution is -0.140. The molecular formula is C11H21FO. The molecule has 0 aliphatic carbocycles. The van der Waals surface area contributed by atoms with Crippen molar-refractivity contribution in [1.29, 1.82) is 0 Å². The lowest BCUT2D eigenvalue weighted by Gasteiger charge is -2.23. The minimum Gasteiger partial charge on any atom is -0.261 e. The number of rotatable bonds is 7. The zero-order valence-corrected chi connectivity index (χ0v) is 9.03. The van der Waals surface area contributed by atoms with E-state index < -0.39 is 11.5 Å². The van der Waals surface area contributed by atoms with Crippen molar-refractivity contribution in [2.75, 3.05) is 0 Å². The van der Waals surface area contributed by atoms with Gasteiger partial charge in [-0.1, -0.05) is 39.5 Å². The van der Waals surface area contributed by atoms with E-state index >= 15 is 0 Å². The molecule has 13 heavy (non-hydrogen) atoms. The first-order chi connectivity index (χ1) is 6.06. The van der Waals surface area contributed by atoms with Crippen molar-refractivity contribution < 1.29 is 9.18 Å². The second-order valence-electron chi connectivity index (χ2n) is 4.04. The number of hydrogen-bond acceptors (Lipinski definition) is 1. The zero-order valence-electron chi connectivity index (χ0n) is 9.03. The van der Waals surface area contributed by atoms with Gasteiger partial charge in [-0.3, -0.25) is 4.79 Å². The fourth-order valence-electron chi connectivity index (χ4n) is 1.46. The molecule has 0 saturated carbocycles. The lowest BCUT2D eigenvalue weighted by Crippen LogP contribution is -2.24. The highest BCUT2D eigenvalue weighted by molar-refractivity contribution is 5.74. The van der Waals surface area contributed by atoms with Gasteiger partial charge in [0.1, 0.15) is 0 Å². The Morgan fingerprint density at radius 1 is 1.15 bits per heavy atom. The van der Waals surface area contributed by atoms with Gasteiger partial charge in [0.05, 0.1) is 5.41 Å². The van der Waals surface area contributed by atoms with E-state index in [4.69, 9.17) is 0 Å². The van der Waals surface area contributed by atoms with E-state index in [9.17, 15) is 9.18 Å². The smallest absolute Gasteiger partial charge is 0.261 e. The Kier molecular flexibility index (Phi) is 5.93. The Labute approximate surface area is 80.7 Å². The maximum atomic E-state index is 12.8. The van der Waals surface area contributed by atoms with E-state index in [2.05, 4.69) is 13.8 Å². The molecule has 0 saturated heterocycles. The Hall–Kier alpha value is -0.400. The topological polar surface area (TPSA) is 17.1 Å². The molecule has 0 fully saturated rings. The van der Waals surface area contributed by atoms with Crippen molar-refractivity contribution in [3.05, 3.63) is 0 Å². The number of unbranched alkanes of at least 4 members (excludes halogenated alkanes) is 2. The van der Waals surface area contributed by atoms with Crippen molar-refractivity contribution in [3.63, 3.8) is 0 Å². The Morgan fingerprint density at radius 2 is 1.54 bits per heavy atom. The average Bonchev–Trinajstić information content (AvgIpc) is 2.11. The van der Waals surface area contributed by atoms with Crippen LogP contribution in [-0.4, -0.2) is 6.04 Å². The molecule has 0 radical (unpaired) electrons. The first-order valence-electron chi connectivity index (χ1n) is 5.26. The second kappa shape index (κ2) is 6.11. The molecule has 0 aromatic carbocycles. The molecule has 0 aromatic heterocycles. The maximum Gasteiger partial charge on any atom is 0.307 e. The van der Waals surface area contributed by atoms with E-state index in [-0.39, 0.29) is 0 Å². The minimum absolute atomic E-state index is 0.693. The summed E-state index contributed by atoms with van der Waals surface area (Å²) in [7, 11) is 0. The van der Waals surface area contributed by atoms with Crippen molar-refractivity contribution in [2.24, 2.45) is 5.41 Å². The van der Waals surface area contributed by atoms with Gasteiger partial charge in [-0.15, -0.1) is 0 Å². The van der Waals surface area contributed by atoms with E-state index in [0.717, 1.165) is 25.7 Å². The molecule has 0 heterocycles. The highest BCUT2D eigenvalue weighted by atomic mass is 19.1. The third kappa shape index (κ3) is 4.39. The molecule has 0 unspecified atom stereocenters. The van der Waals surface area contributed by atoms with Crippen LogP contribution in [0, 0.1) is 5.41 Å². The highest BCUT2D eigenvalue weighted by Gasteiger charge is 2.31. The van der Waals surface area contributed by atoms with Gasteiger partial charge in [-0.25, -0.2) is 0 Å². The highest BCUT2D eigenvalue weighted by Crippen LogP contribution is 2.31. The number of carbonyl (C=O) groups is 1. The summed E-state index contributed by atoms with van der Waals surface area (Å²) in [6.45, 7) is 5.87. The summed E-state index contributed by atoms with van der Waals surface area (Å²) in [5, 5.41) is 0. The Bertz CT molecular complexity index is 146. The van der Waals surface area contributed by atoms with Gasteiger partial charge in [0, 0.05) is 0 Å². The number of carbonyl (C=O) groups excluding carboxylic acids is 1. The SMILES string of the molecule is CCCCC(C)(CCCC)C(=O)F. The largest absolute Gasteiger partial charge is 0.307 e. The van der Waals surface area contributed by atoms with Crippen molar-refractivity contribution in [2.45, 2.75) is 59.3 Å². The van der Waals surface area contributed by atoms with Gasteiger partial charge in [-0.05, 0) is 19.8 Å². The van der Waals surface area contributed by atoms with Crippen LogP contribution >= 0.6 is 0 Å². The van der Waals surface area contributed by atoms with Crippen LogP contribution in [0.15, 0.2) is 0 Å². The molecule has 0 aliphatic heterocycles. The summed E-state index contributed by atoms with van der Waals surface area (Å²) >= 11 is 0. The second-order valence-corrected chi connectivity index (χ2v) is 4.04. The predicted octanol–water partition coefficient (Wildman–Crippen LogP) is 3.87. The standard InChI is InChI=1S/C11H21FO/c1-4-6-8-11(3,10(12)13)9-7-5-2/h4-9H2,1-3H3. The fraction of sp³-hybridized carbons (Fsp3) is 0.909. The molecule has 0 rings (SSSR count). The summed E-state index contributed by atoms with van der Waals surface area (Å²) in [4.78, 5) is 10.8. The third-order valence-corrected chi connectivity index (χ3v) is 2.64. The molecule has 0 aromatic rings. The van der Waals surface area contributed by atoms with Gasteiger partial charge in [0.2, 0.25) is 0 Å². The fourth-order valence-corrected chi connectivity index (χ4v) is 1.46. The van der Waals surface area contributed by atoms with E-state index in [0.29, 0.717) is 12.8 Å². The van der Waals surface area contributed by atoms with E-state index in [1.165, 1.54) is 0 Å². The summed E-state index contributed by atoms with van der Waals surface area (Å²) in [6.07, 6.45) is 5.31. The number of halogens is 1. The van der Waals surface area contributed by atoms with E-state index in [1.54, 1.807) is 6.92 Å². The Morgan fingerprint density at radius 3 is 1.77 bits per heavy atom. The van der Waals surface area contributed by atoms with Gasteiger partial charge in [0.25, 0.3) is 0 Å². The molecule has 0 aliphatic rings. The predicted molar refractivity (Wildman–Crippen MR) is 53.3 cm³/mol. The van der Waals surface area contributed by atoms with Crippen molar-refractivity contribution >= 4 is 6.04 Å². The van der Waals surface area contributed by atoms with Gasteiger partial charge < -0.3 is 0 Å². The summed E-state index contributed by atoms with van der Waals surface area (Å²) in [6, 6.07) is -1.13. The molecule has 0 atom stereocenters. The summed E-state index contributed by atoms with van der Waals surface area (Å²) < 4.78 is 12.8. The van der Waals surface area contributed by atoms with Gasteiger partial charge >= 0.3 is 6.04 Å². The molecule has 78 valence electrons. The van der Waals surface area contributed by atoms with Crippen LogP contribution in [-0.2, 0) is 4.79 Å². The number of hydrogen-bond donors (Lipinski definition) is 0. The van der Waals surface area contributed by atoms with Gasteiger partial charge in [-0.2, -0.15) is 4.39 Å².